The summed E-state index contributed by atoms with van der Waals surface area (Å²) in [6.45, 7) is 2.15. The van der Waals surface area contributed by atoms with Crippen LogP contribution in [-0.2, 0) is 16.0 Å². The van der Waals surface area contributed by atoms with Crippen LogP contribution in [0.5, 0.6) is 0 Å². The summed E-state index contributed by atoms with van der Waals surface area (Å²) in [5, 5.41) is 0.563. The third kappa shape index (κ3) is 1.56. The van der Waals surface area contributed by atoms with Crippen molar-refractivity contribution in [3.05, 3.63) is 27.1 Å². The summed E-state index contributed by atoms with van der Waals surface area (Å²) in [5.41, 5.74) is 0.663. The first-order chi connectivity index (χ1) is 8.72. The molecule has 0 amide bonds. The average Bonchev–Trinajstić information content (AvgIpc) is 2.87. The highest BCUT2D eigenvalue weighted by molar-refractivity contribution is 7.18. The van der Waals surface area contributed by atoms with E-state index < -0.39 is 0 Å². The summed E-state index contributed by atoms with van der Waals surface area (Å²) >= 11 is 1.50. The van der Waals surface area contributed by atoms with Crippen molar-refractivity contribution in [2.75, 3.05) is 6.61 Å². The van der Waals surface area contributed by atoms with Gasteiger partial charge in [-0.3, -0.25) is 9.59 Å². The predicted molar refractivity (Wildman–Crippen MR) is 67.9 cm³/mol. The molecule has 0 saturated heterocycles. The van der Waals surface area contributed by atoms with Crippen LogP contribution in [-0.4, -0.2) is 22.5 Å². The number of aromatic nitrogens is 2. The number of H-pyrrole nitrogens is 1. The van der Waals surface area contributed by atoms with Crippen molar-refractivity contribution in [3.63, 3.8) is 0 Å². The molecule has 18 heavy (non-hydrogen) atoms. The zero-order valence-corrected chi connectivity index (χ0v) is 10.7. The van der Waals surface area contributed by atoms with Gasteiger partial charge in [-0.25, -0.2) is 4.98 Å². The molecule has 6 heteroatoms. The third-order valence-corrected chi connectivity index (χ3v) is 4.36. The van der Waals surface area contributed by atoms with E-state index in [1.165, 1.54) is 17.7 Å². The Balaban J connectivity index is 2.17. The highest BCUT2D eigenvalue weighted by Crippen LogP contribution is 2.42. The SMILES string of the molecule is CCOC(=O)[C@H]1CCc2sc3nc[nH]c(=O)c3c21. The Labute approximate surface area is 107 Å². The standard InChI is InChI=1S/C12H12N2O3S/c1-2-17-12(16)6-3-4-7-8(6)9-10(15)13-5-14-11(9)18-7/h5-6H,2-4H2,1H3,(H,13,14,15)/t6-/m0/s1. The van der Waals surface area contributed by atoms with Gasteiger partial charge >= 0.3 is 5.97 Å². The number of carbonyl (C=O) groups excluding carboxylic acids is 1. The maximum atomic E-state index is 11.9. The lowest BCUT2D eigenvalue weighted by Crippen LogP contribution is -2.15. The molecule has 94 valence electrons. The Morgan fingerprint density at radius 3 is 3.28 bits per heavy atom. The number of carbonyl (C=O) groups is 1. The Morgan fingerprint density at radius 2 is 2.50 bits per heavy atom. The zero-order chi connectivity index (χ0) is 12.7. The first kappa shape index (κ1) is 11.4. The van der Waals surface area contributed by atoms with E-state index in [9.17, 15) is 9.59 Å². The van der Waals surface area contributed by atoms with Crippen LogP contribution in [0.1, 0.15) is 29.7 Å². The fourth-order valence-electron chi connectivity index (χ4n) is 2.46. The van der Waals surface area contributed by atoms with E-state index in [1.807, 2.05) is 0 Å². The fourth-order valence-corrected chi connectivity index (χ4v) is 3.68. The van der Waals surface area contributed by atoms with Gasteiger partial charge in [-0.1, -0.05) is 0 Å². The first-order valence-electron chi connectivity index (χ1n) is 5.88. The van der Waals surface area contributed by atoms with E-state index in [-0.39, 0.29) is 17.4 Å². The van der Waals surface area contributed by atoms with Gasteiger partial charge in [-0.05, 0) is 25.3 Å². The van der Waals surface area contributed by atoms with Gasteiger partial charge in [0.1, 0.15) is 4.83 Å². The highest BCUT2D eigenvalue weighted by atomic mass is 32.1. The van der Waals surface area contributed by atoms with Crippen LogP contribution in [0.3, 0.4) is 0 Å². The average molecular weight is 264 g/mol. The summed E-state index contributed by atoms with van der Waals surface area (Å²) < 4.78 is 5.07. The third-order valence-electron chi connectivity index (χ3n) is 3.19. The maximum Gasteiger partial charge on any atom is 0.313 e. The molecule has 0 spiro atoms. The van der Waals surface area contributed by atoms with E-state index in [1.54, 1.807) is 6.92 Å². The minimum absolute atomic E-state index is 0.173. The van der Waals surface area contributed by atoms with Crippen LogP contribution >= 0.6 is 11.3 Å². The summed E-state index contributed by atoms with van der Waals surface area (Å²) in [6, 6.07) is 0. The maximum absolute atomic E-state index is 11.9. The number of rotatable bonds is 2. The Morgan fingerprint density at radius 1 is 1.67 bits per heavy atom. The molecule has 0 fully saturated rings. The number of aryl methyl sites for hydroxylation is 1. The molecule has 1 aliphatic carbocycles. The van der Waals surface area contributed by atoms with E-state index >= 15 is 0 Å². The normalized spacial score (nSPS) is 17.9. The Kier molecular flexibility index (Phi) is 2.66. The highest BCUT2D eigenvalue weighted by Gasteiger charge is 2.34. The molecule has 2 aromatic rings. The van der Waals surface area contributed by atoms with Crippen LogP contribution in [0.4, 0.5) is 0 Å². The van der Waals surface area contributed by atoms with Crippen molar-refractivity contribution >= 4 is 27.5 Å². The van der Waals surface area contributed by atoms with Crippen molar-refractivity contribution in [1.82, 2.24) is 9.97 Å². The predicted octanol–water partition coefficient (Wildman–Crippen LogP) is 1.58. The topological polar surface area (TPSA) is 72.0 Å². The van der Waals surface area contributed by atoms with E-state index in [0.717, 1.165) is 23.3 Å². The van der Waals surface area contributed by atoms with Crippen molar-refractivity contribution in [2.45, 2.75) is 25.7 Å². The monoisotopic (exact) mass is 264 g/mol. The largest absolute Gasteiger partial charge is 0.466 e. The second-order valence-corrected chi connectivity index (χ2v) is 5.28. The molecule has 0 saturated carbocycles. The Bertz CT molecular complexity index is 674. The van der Waals surface area contributed by atoms with Crippen molar-refractivity contribution < 1.29 is 9.53 Å². The molecule has 1 N–H and O–H groups in total. The summed E-state index contributed by atoms with van der Waals surface area (Å²) in [7, 11) is 0. The molecule has 1 atom stereocenters. The second kappa shape index (κ2) is 4.20. The lowest BCUT2D eigenvalue weighted by molar-refractivity contribution is -0.144. The van der Waals surface area contributed by atoms with Crippen LogP contribution in [0.2, 0.25) is 0 Å². The number of hydrogen-bond donors (Lipinski definition) is 1. The molecular weight excluding hydrogens is 252 g/mol. The molecule has 2 aromatic heterocycles. The molecule has 1 aliphatic rings. The molecule has 0 unspecified atom stereocenters. The van der Waals surface area contributed by atoms with Gasteiger partial charge in [0.05, 0.1) is 24.2 Å². The molecule has 2 heterocycles. The summed E-state index contributed by atoms with van der Waals surface area (Å²) in [5.74, 6) is -0.543. The van der Waals surface area contributed by atoms with Gasteiger partial charge < -0.3 is 9.72 Å². The lowest BCUT2D eigenvalue weighted by atomic mass is 10.0. The molecule has 0 bridgehead atoms. The second-order valence-electron chi connectivity index (χ2n) is 4.19. The number of thiophene rings is 1. The summed E-state index contributed by atoms with van der Waals surface area (Å²) in [4.78, 5) is 32.3. The minimum atomic E-state index is -0.306. The molecule has 0 radical (unpaired) electrons. The zero-order valence-electron chi connectivity index (χ0n) is 9.86. The van der Waals surface area contributed by atoms with Gasteiger partial charge in [0.2, 0.25) is 0 Å². The van der Waals surface area contributed by atoms with Gasteiger partial charge in [-0.15, -0.1) is 11.3 Å². The molecule has 5 nitrogen and oxygen atoms in total. The van der Waals surface area contributed by atoms with Crippen molar-refractivity contribution in [3.8, 4) is 0 Å². The number of ether oxygens (including phenoxy) is 1. The van der Waals surface area contributed by atoms with Gasteiger partial charge in [0.15, 0.2) is 0 Å². The molecular formula is C12H12N2O3S. The quantitative estimate of drug-likeness (QED) is 0.836. The minimum Gasteiger partial charge on any atom is -0.466 e. The van der Waals surface area contributed by atoms with Crippen LogP contribution in [0, 0.1) is 0 Å². The van der Waals surface area contributed by atoms with E-state index in [4.69, 9.17) is 4.74 Å². The van der Waals surface area contributed by atoms with Gasteiger partial charge in [0.25, 0.3) is 5.56 Å². The number of esters is 1. The molecule has 0 aliphatic heterocycles. The smallest absolute Gasteiger partial charge is 0.313 e. The van der Waals surface area contributed by atoms with E-state index in [2.05, 4.69) is 9.97 Å². The first-order valence-corrected chi connectivity index (χ1v) is 6.69. The molecule has 3 rings (SSSR count). The van der Waals surface area contributed by atoms with Crippen molar-refractivity contribution in [2.24, 2.45) is 0 Å². The van der Waals surface area contributed by atoms with Crippen LogP contribution in [0.15, 0.2) is 11.1 Å². The number of fused-ring (bicyclic) bond motifs is 3. The van der Waals surface area contributed by atoms with Gasteiger partial charge in [-0.2, -0.15) is 0 Å². The lowest BCUT2D eigenvalue weighted by Gasteiger charge is -2.09. The van der Waals surface area contributed by atoms with Crippen LogP contribution in [0.25, 0.3) is 10.2 Å². The Hall–Kier alpha value is -1.69. The summed E-state index contributed by atoms with van der Waals surface area (Å²) in [6.07, 6.45) is 2.94. The fraction of sp³-hybridized carbons (Fsp3) is 0.417. The number of nitrogens with one attached hydrogen (secondary N) is 1. The number of aromatic amines is 1. The van der Waals surface area contributed by atoms with E-state index in [0.29, 0.717) is 16.8 Å². The van der Waals surface area contributed by atoms with Crippen LogP contribution < -0.4 is 5.56 Å². The van der Waals surface area contributed by atoms with Crippen molar-refractivity contribution in [1.29, 1.82) is 0 Å². The van der Waals surface area contributed by atoms with Gasteiger partial charge in [0, 0.05) is 4.88 Å². The molecule has 0 aromatic carbocycles. The number of nitrogens with zero attached hydrogens (tertiary/aromatic N) is 1. The number of hydrogen-bond acceptors (Lipinski definition) is 5.